The van der Waals surface area contributed by atoms with E-state index >= 15 is 0 Å². The van der Waals surface area contributed by atoms with Gasteiger partial charge in [0.25, 0.3) is 0 Å². The molecule has 30 heavy (non-hydrogen) atoms. The van der Waals surface area contributed by atoms with Crippen LogP contribution in [-0.4, -0.2) is 39.6 Å². The zero-order valence-corrected chi connectivity index (χ0v) is 18.2. The van der Waals surface area contributed by atoms with Crippen LogP contribution >= 0.6 is 23.2 Å². The average Bonchev–Trinajstić information content (AvgIpc) is 2.71. The van der Waals surface area contributed by atoms with E-state index in [1.165, 1.54) is 0 Å². The molecule has 4 atom stereocenters. The number of rotatable bonds is 7. The predicted octanol–water partition coefficient (Wildman–Crippen LogP) is 4.91. The molecular formula is C23H25Cl2NO4. The van der Waals surface area contributed by atoms with E-state index < -0.39 is 17.9 Å². The molecule has 1 aliphatic heterocycles. The Labute approximate surface area is 186 Å². The van der Waals surface area contributed by atoms with Crippen LogP contribution in [0.2, 0.25) is 10.0 Å². The monoisotopic (exact) mass is 449 g/mol. The zero-order valence-electron chi connectivity index (χ0n) is 16.7. The molecule has 2 aromatic carbocycles. The van der Waals surface area contributed by atoms with Gasteiger partial charge >= 0.3 is 5.97 Å². The van der Waals surface area contributed by atoms with Crippen LogP contribution in [0.3, 0.4) is 0 Å². The molecule has 1 fully saturated rings. The summed E-state index contributed by atoms with van der Waals surface area (Å²) in [6.45, 7) is 1.71. The number of carboxylic acids is 1. The lowest BCUT2D eigenvalue weighted by Crippen LogP contribution is -2.53. The van der Waals surface area contributed by atoms with Gasteiger partial charge in [0.05, 0.1) is 25.1 Å². The van der Waals surface area contributed by atoms with Gasteiger partial charge in [0.1, 0.15) is 0 Å². The number of carbonyl (C=O) groups is 2. The van der Waals surface area contributed by atoms with Crippen molar-refractivity contribution in [3.63, 3.8) is 0 Å². The van der Waals surface area contributed by atoms with Crippen molar-refractivity contribution in [2.24, 2.45) is 5.92 Å². The molecule has 0 bridgehead atoms. The normalized spacial score (nSPS) is 22.7. The van der Waals surface area contributed by atoms with Crippen molar-refractivity contribution >= 4 is 35.1 Å². The van der Waals surface area contributed by atoms with Gasteiger partial charge in [0, 0.05) is 21.9 Å². The fourth-order valence-electron chi connectivity index (χ4n) is 4.39. The van der Waals surface area contributed by atoms with Crippen molar-refractivity contribution in [1.29, 1.82) is 0 Å². The van der Waals surface area contributed by atoms with Crippen molar-refractivity contribution < 1.29 is 19.8 Å². The molecule has 2 aromatic rings. The van der Waals surface area contributed by atoms with Gasteiger partial charge in [-0.1, -0.05) is 54.4 Å². The summed E-state index contributed by atoms with van der Waals surface area (Å²) in [4.78, 5) is 26.6. The minimum absolute atomic E-state index is 0.174. The molecule has 1 saturated heterocycles. The van der Waals surface area contributed by atoms with Crippen LogP contribution in [0, 0.1) is 5.92 Å². The third-order valence-corrected chi connectivity index (χ3v) is 6.29. The smallest absolute Gasteiger partial charge is 0.304 e. The number of amides is 1. The summed E-state index contributed by atoms with van der Waals surface area (Å²) < 4.78 is 0. The molecule has 2 N–H and O–H groups in total. The van der Waals surface area contributed by atoms with E-state index in [-0.39, 0.29) is 30.9 Å². The molecule has 5 nitrogen and oxygen atoms in total. The van der Waals surface area contributed by atoms with Crippen molar-refractivity contribution in [3.05, 3.63) is 69.7 Å². The highest BCUT2D eigenvalue weighted by molar-refractivity contribution is 6.30. The second kappa shape index (κ2) is 9.82. The Bertz CT molecular complexity index is 898. The number of nitrogens with zero attached hydrogens (tertiary/aromatic N) is 1. The van der Waals surface area contributed by atoms with Crippen LogP contribution in [0.5, 0.6) is 0 Å². The third-order valence-electron chi connectivity index (χ3n) is 5.81. The first-order chi connectivity index (χ1) is 14.3. The number of aliphatic hydroxyl groups excluding tert-OH is 1. The van der Waals surface area contributed by atoms with Crippen LogP contribution in [0.25, 0.3) is 0 Å². The number of carboxylic acid groups (broad SMARTS) is 1. The maximum absolute atomic E-state index is 13.4. The van der Waals surface area contributed by atoms with Gasteiger partial charge in [-0.05, 0) is 48.2 Å². The highest BCUT2D eigenvalue weighted by Gasteiger charge is 2.45. The lowest BCUT2D eigenvalue weighted by Gasteiger charge is -2.48. The first-order valence-electron chi connectivity index (χ1n) is 10.0. The van der Waals surface area contributed by atoms with Crippen molar-refractivity contribution in [2.75, 3.05) is 6.61 Å². The van der Waals surface area contributed by atoms with E-state index in [0.29, 0.717) is 22.9 Å². The standard InChI is InChI=1S/C23H25Cl2NO4/c1-2-19(13-27)26-22(14-6-8-17(24)9-7-14)20(15-4-3-5-18(25)10-15)11-16(23(26)30)12-21(28)29/h3-10,16,19-20,22,27H,2,11-13H2,1H3,(H,28,29)/t16?,19?,20-,22-/m1/s1. The van der Waals surface area contributed by atoms with Gasteiger partial charge in [-0.25, -0.2) is 0 Å². The number of aliphatic hydroxyl groups is 1. The Morgan fingerprint density at radius 2 is 1.83 bits per heavy atom. The Kier molecular flexibility index (Phi) is 7.40. The lowest BCUT2D eigenvalue weighted by molar-refractivity contribution is -0.153. The van der Waals surface area contributed by atoms with E-state index in [4.69, 9.17) is 23.2 Å². The van der Waals surface area contributed by atoms with Crippen LogP contribution in [0.4, 0.5) is 0 Å². The molecular weight excluding hydrogens is 425 g/mol. The van der Waals surface area contributed by atoms with Gasteiger partial charge in [-0.15, -0.1) is 0 Å². The second-order valence-electron chi connectivity index (χ2n) is 7.68. The Morgan fingerprint density at radius 1 is 1.13 bits per heavy atom. The molecule has 0 radical (unpaired) electrons. The number of hydrogen-bond donors (Lipinski definition) is 2. The topological polar surface area (TPSA) is 77.8 Å². The van der Waals surface area contributed by atoms with Crippen LogP contribution in [0.15, 0.2) is 48.5 Å². The third kappa shape index (κ3) is 4.80. The molecule has 7 heteroatoms. The summed E-state index contributed by atoms with van der Waals surface area (Å²) in [7, 11) is 0. The van der Waals surface area contributed by atoms with Gasteiger partial charge < -0.3 is 15.1 Å². The quantitative estimate of drug-likeness (QED) is 0.628. The molecule has 3 rings (SSSR count). The van der Waals surface area contributed by atoms with Gasteiger partial charge in [0.2, 0.25) is 5.91 Å². The van der Waals surface area contributed by atoms with Crippen molar-refractivity contribution in [2.45, 2.75) is 44.2 Å². The van der Waals surface area contributed by atoms with E-state index in [1.54, 1.807) is 23.1 Å². The molecule has 160 valence electrons. The van der Waals surface area contributed by atoms with Crippen LogP contribution in [0.1, 0.15) is 49.3 Å². The highest BCUT2D eigenvalue weighted by atomic mass is 35.5. The van der Waals surface area contributed by atoms with Gasteiger partial charge in [-0.3, -0.25) is 9.59 Å². The maximum atomic E-state index is 13.4. The summed E-state index contributed by atoms with van der Waals surface area (Å²) in [5.41, 5.74) is 1.82. The highest BCUT2D eigenvalue weighted by Crippen LogP contribution is 2.47. The van der Waals surface area contributed by atoms with Gasteiger partial charge in [-0.2, -0.15) is 0 Å². The maximum Gasteiger partial charge on any atom is 0.304 e. The van der Waals surface area contributed by atoms with Crippen molar-refractivity contribution in [3.8, 4) is 0 Å². The first-order valence-corrected chi connectivity index (χ1v) is 10.8. The van der Waals surface area contributed by atoms with E-state index in [9.17, 15) is 19.8 Å². The number of hydrogen-bond acceptors (Lipinski definition) is 3. The molecule has 1 aliphatic rings. The minimum atomic E-state index is -1.01. The fourth-order valence-corrected chi connectivity index (χ4v) is 4.71. The number of aliphatic carboxylic acids is 1. The van der Waals surface area contributed by atoms with E-state index in [1.807, 2.05) is 37.3 Å². The predicted molar refractivity (Wildman–Crippen MR) is 117 cm³/mol. The lowest BCUT2D eigenvalue weighted by atomic mass is 9.74. The summed E-state index contributed by atoms with van der Waals surface area (Å²) in [6.07, 6.45) is 0.688. The molecule has 0 saturated carbocycles. The molecule has 2 unspecified atom stereocenters. The van der Waals surface area contributed by atoms with Crippen LogP contribution < -0.4 is 0 Å². The number of likely N-dealkylation sites (tertiary alicyclic amines) is 1. The molecule has 0 aromatic heterocycles. The molecule has 1 amide bonds. The second-order valence-corrected chi connectivity index (χ2v) is 8.55. The Balaban J connectivity index is 2.16. The van der Waals surface area contributed by atoms with Crippen LogP contribution in [-0.2, 0) is 9.59 Å². The first kappa shape index (κ1) is 22.6. The number of piperidine rings is 1. The Hall–Kier alpha value is -2.08. The Morgan fingerprint density at radius 3 is 2.40 bits per heavy atom. The largest absolute Gasteiger partial charge is 0.481 e. The summed E-state index contributed by atoms with van der Waals surface area (Å²) in [5.74, 6) is -2.10. The minimum Gasteiger partial charge on any atom is -0.481 e. The summed E-state index contributed by atoms with van der Waals surface area (Å²) in [5, 5.41) is 20.6. The SMILES string of the molecule is CCC(CO)N1C(=O)C(CC(=O)O)C[C@H](c2cccc(Cl)c2)[C@H]1c1ccc(Cl)cc1. The van der Waals surface area contributed by atoms with E-state index in [2.05, 4.69) is 0 Å². The summed E-state index contributed by atoms with van der Waals surface area (Å²) >= 11 is 12.3. The zero-order chi connectivity index (χ0) is 21.8. The molecule has 0 spiro atoms. The van der Waals surface area contributed by atoms with Gasteiger partial charge in [0.15, 0.2) is 0 Å². The fraction of sp³-hybridized carbons (Fsp3) is 0.391. The number of benzene rings is 2. The molecule has 1 heterocycles. The molecule has 0 aliphatic carbocycles. The van der Waals surface area contributed by atoms with E-state index in [0.717, 1.165) is 11.1 Å². The number of halogens is 2. The number of carbonyl (C=O) groups excluding carboxylic acids is 1. The average molecular weight is 450 g/mol. The van der Waals surface area contributed by atoms with Crippen molar-refractivity contribution in [1.82, 2.24) is 4.90 Å². The summed E-state index contributed by atoms with van der Waals surface area (Å²) in [6, 6.07) is 14.0.